The second kappa shape index (κ2) is 7.17. The van der Waals surface area contributed by atoms with Gasteiger partial charge in [0.25, 0.3) is 0 Å². The highest BCUT2D eigenvalue weighted by Crippen LogP contribution is 2.13. The van der Waals surface area contributed by atoms with Crippen molar-refractivity contribution in [2.45, 2.75) is 25.7 Å². The number of nitrogens with two attached hydrogens (primary N) is 1. The monoisotopic (exact) mass is 305 g/mol. The zero-order valence-electron chi connectivity index (χ0n) is 11.8. The van der Waals surface area contributed by atoms with Crippen LogP contribution in [-0.4, -0.2) is 34.8 Å². The third-order valence-corrected chi connectivity index (χ3v) is 3.70. The van der Waals surface area contributed by atoms with Crippen molar-refractivity contribution in [3.63, 3.8) is 0 Å². The van der Waals surface area contributed by atoms with Crippen molar-refractivity contribution in [2.24, 2.45) is 5.73 Å². The normalized spacial score (nSPS) is 14.9. The van der Waals surface area contributed by atoms with E-state index in [2.05, 4.69) is 5.32 Å². The summed E-state index contributed by atoms with van der Waals surface area (Å²) in [5.74, 6) is 0.0259. The second-order valence-corrected chi connectivity index (χ2v) is 5.52. The number of hydrogen-bond acceptors (Lipinski definition) is 3. The molecule has 0 unspecified atom stereocenters. The topological polar surface area (TPSA) is 75.4 Å². The van der Waals surface area contributed by atoms with Gasteiger partial charge in [-0.05, 0) is 25.0 Å². The maximum absolute atomic E-state index is 11.9. The molecule has 21 heavy (non-hydrogen) atoms. The predicted octanol–water partition coefficient (Wildman–Crippen LogP) is 1.66. The van der Waals surface area contributed by atoms with E-state index >= 15 is 0 Å². The molecule has 2 rings (SSSR count). The summed E-state index contributed by atoms with van der Waals surface area (Å²) in [5.41, 5.74) is 6.94. The minimum absolute atomic E-state index is 0.117. The number of amides is 2. The summed E-state index contributed by atoms with van der Waals surface area (Å²) < 4.78 is 0. The molecule has 0 saturated carbocycles. The molecule has 1 aromatic rings. The first-order valence-corrected chi connectivity index (χ1v) is 7.44. The van der Waals surface area contributed by atoms with E-state index in [9.17, 15) is 9.59 Å². The summed E-state index contributed by atoms with van der Waals surface area (Å²) in [5, 5.41) is 2.80. The van der Waals surface area contributed by atoms with E-state index in [1.165, 1.54) is 0 Å². The van der Waals surface area contributed by atoms with Crippen LogP contribution in [0.15, 0.2) is 24.3 Å². The van der Waals surface area contributed by atoms with Crippen molar-refractivity contribution < 1.29 is 9.59 Å². The van der Waals surface area contributed by atoms with Gasteiger partial charge >= 0.3 is 0 Å². The van der Waals surface area contributed by atoms with E-state index in [1.807, 2.05) is 0 Å². The molecule has 1 heterocycles. The van der Waals surface area contributed by atoms with Gasteiger partial charge in [-0.15, -0.1) is 0 Å². The molecule has 0 atom stereocenters. The van der Waals surface area contributed by atoms with Crippen LogP contribution in [0, 0.1) is 0 Å². The Balaban J connectivity index is 1.85. The van der Waals surface area contributed by atoms with Crippen molar-refractivity contribution in [2.75, 3.05) is 18.4 Å². The van der Waals surface area contributed by atoms with Crippen LogP contribution < -0.4 is 11.1 Å². The number of rotatable bonds is 5. The summed E-state index contributed by atoms with van der Waals surface area (Å²) in [6, 6.07) is 7.11. The number of nitrogens with zero attached hydrogens (tertiary/aromatic N) is 1. The maximum Gasteiger partial charge on any atom is 0.226 e. The van der Waals surface area contributed by atoms with Crippen molar-refractivity contribution in [3.8, 4) is 0 Å². The smallest absolute Gasteiger partial charge is 0.226 e. The minimum atomic E-state index is -0.117. The van der Waals surface area contributed by atoms with Gasteiger partial charge in [0.1, 0.15) is 4.99 Å². The Bertz CT molecular complexity index is 560. The van der Waals surface area contributed by atoms with Crippen molar-refractivity contribution in [1.29, 1.82) is 0 Å². The molecule has 5 nitrogen and oxygen atoms in total. The van der Waals surface area contributed by atoms with Gasteiger partial charge in [0.15, 0.2) is 0 Å². The van der Waals surface area contributed by atoms with E-state index < -0.39 is 0 Å². The van der Waals surface area contributed by atoms with Crippen LogP contribution in [0.25, 0.3) is 0 Å². The van der Waals surface area contributed by atoms with Gasteiger partial charge in [-0.2, -0.15) is 0 Å². The summed E-state index contributed by atoms with van der Waals surface area (Å²) in [4.78, 5) is 25.6. The van der Waals surface area contributed by atoms with Gasteiger partial charge in [0.05, 0.1) is 0 Å². The van der Waals surface area contributed by atoms with Crippen LogP contribution in [0.3, 0.4) is 0 Å². The van der Waals surface area contributed by atoms with E-state index in [1.54, 1.807) is 29.2 Å². The number of anilines is 1. The zero-order chi connectivity index (χ0) is 15.2. The van der Waals surface area contributed by atoms with Crippen LogP contribution in [-0.2, 0) is 9.59 Å². The third-order valence-electron chi connectivity index (χ3n) is 3.46. The zero-order valence-corrected chi connectivity index (χ0v) is 12.6. The molecule has 0 spiro atoms. The molecule has 1 fully saturated rings. The first-order chi connectivity index (χ1) is 10.1. The predicted molar refractivity (Wildman–Crippen MR) is 86.0 cm³/mol. The Morgan fingerprint density at radius 3 is 2.90 bits per heavy atom. The SMILES string of the molecule is NC(=S)c1cccc(NC(=O)CCN2CCCCC2=O)c1. The summed E-state index contributed by atoms with van der Waals surface area (Å²) in [7, 11) is 0. The minimum Gasteiger partial charge on any atom is -0.389 e. The van der Waals surface area contributed by atoms with Crippen LogP contribution in [0.5, 0.6) is 0 Å². The number of benzene rings is 1. The fraction of sp³-hybridized carbons (Fsp3) is 0.400. The summed E-state index contributed by atoms with van der Waals surface area (Å²) >= 11 is 4.91. The molecule has 6 heteroatoms. The molecule has 112 valence electrons. The van der Waals surface area contributed by atoms with Gasteiger partial charge in [-0.25, -0.2) is 0 Å². The number of carbonyl (C=O) groups excluding carboxylic acids is 2. The summed E-state index contributed by atoms with van der Waals surface area (Å²) in [6.07, 6.45) is 2.86. The number of carbonyl (C=O) groups is 2. The van der Waals surface area contributed by atoms with Crippen molar-refractivity contribution in [3.05, 3.63) is 29.8 Å². The maximum atomic E-state index is 11.9. The quantitative estimate of drug-likeness (QED) is 0.811. The van der Waals surface area contributed by atoms with Crippen LogP contribution >= 0.6 is 12.2 Å². The second-order valence-electron chi connectivity index (χ2n) is 5.08. The van der Waals surface area contributed by atoms with E-state index in [0.717, 1.165) is 19.4 Å². The van der Waals surface area contributed by atoms with Crippen LogP contribution in [0.2, 0.25) is 0 Å². The van der Waals surface area contributed by atoms with Crippen molar-refractivity contribution in [1.82, 2.24) is 4.90 Å². The third kappa shape index (κ3) is 4.53. The molecule has 0 radical (unpaired) electrons. The number of nitrogens with one attached hydrogen (secondary N) is 1. The Morgan fingerprint density at radius 1 is 1.38 bits per heavy atom. The van der Waals surface area contributed by atoms with Gasteiger partial charge < -0.3 is 16.0 Å². The molecular formula is C15H19N3O2S. The highest BCUT2D eigenvalue weighted by molar-refractivity contribution is 7.80. The molecule has 0 bridgehead atoms. The molecule has 1 aliphatic rings. The number of likely N-dealkylation sites (tertiary alicyclic amines) is 1. The Hall–Kier alpha value is -1.95. The number of thiocarbonyl (C=S) groups is 1. The van der Waals surface area contributed by atoms with Gasteiger partial charge in [0.2, 0.25) is 11.8 Å². The molecule has 0 aliphatic carbocycles. The summed E-state index contributed by atoms with van der Waals surface area (Å²) in [6.45, 7) is 1.22. The largest absolute Gasteiger partial charge is 0.389 e. The van der Waals surface area contributed by atoms with E-state index in [0.29, 0.717) is 35.6 Å². The Labute approximate surface area is 129 Å². The Morgan fingerprint density at radius 2 is 2.19 bits per heavy atom. The highest BCUT2D eigenvalue weighted by Gasteiger charge is 2.18. The van der Waals surface area contributed by atoms with E-state index in [-0.39, 0.29) is 11.8 Å². The standard InChI is InChI=1S/C15H19N3O2S/c16-15(21)11-4-3-5-12(10-11)17-13(19)7-9-18-8-2-1-6-14(18)20/h3-5,10H,1-2,6-9H2,(H2,16,21)(H,17,19). The van der Waals surface area contributed by atoms with E-state index in [4.69, 9.17) is 18.0 Å². The van der Waals surface area contributed by atoms with Gasteiger partial charge in [-0.3, -0.25) is 9.59 Å². The molecule has 0 aromatic heterocycles. The molecule has 1 aromatic carbocycles. The molecule has 2 amide bonds. The molecule has 1 aliphatic heterocycles. The first-order valence-electron chi connectivity index (χ1n) is 7.04. The average molecular weight is 305 g/mol. The number of piperidine rings is 1. The molecule has 3 N–H and O–H groups in total. The van der Waals surface area contributed by atoms with Gasteiger partial charge in [-0.1, -0.05) is 24.4 Å². The van der Waals surface area contributed by atoms with Crippen LogP contribution in [0.1, 0.15) is 31.2 Å². The fourth-order valence-electron chi connectivity index (χ4n) is 2.31. The van der Waals surface area contributed by atoms with Gasteiger partial charge in [0, 0.05) is 37.2 Å². The lowest BCUT2D eigenvalue weighted by Gasteiger charge is -2.26. The highest BCUT2D eigenvalue weighted by atomic mass is 32.1. The number of hydrogen-bond donors (Lipinski definition) is 2. The average Bonchev–Trinajstić information content (AvgIpc) is 2.46. The first kappa shape index (κ1) is 15.4. The van der Waals surface area contributed by atoms with Crippen LogP contribution in [0.4, 0.5) is 5.69 Å². The lowest BCUT2D eigenvalue weighted by atomic mass is 10.1. The lowest BCUT2D eigenvalue weighted by molar-refractivity contribution is -0.133. The Kier molecular flexibility index (Phi) is 5.27. The fourth-order valence-corrected chi connectivity index (χ4v) is 2.44. The molecular weight excluding hydrogens is 286 g/mol. The van der Waals surface area contributed by atoms with Crippen molar-refractivity contribution >= 4 is 34.7 Å². The lowest BCUT2D eigenvalue weighted by Crippen LogP contribution is -2.37. The molecule has 1 saturated heterocycles.